The smallest absolute Gasteiger partial charge is 0.196 e. The molecular formula is C70H30N12. The van der Waals surface area contributed by atoms with Crippen molar-refractivity contribution in [2.24, 2.45) is 0 Å². The number of aromatic nitrogens is 2. The van der Waals surface area contributed by atoms with Gasteiger partial charge in [-0.2, -0.15) is 26.3 Å². The quantitative estimate of drug-likeness (QED) is 0.146. The SMILES string of the molecule is [C-]#[N+]c1ccc(-c2ccc3c(c2)c2cc(-c4ccc([N+]#[C-])cc4[N+]#[C-])ccc2n3-c2cc(C#N)cc(-n3c4ccc(-c5ccc(C#N)cc5[N+]#[C-])cc4c4cc(-c5ccc(C#N)cc5[N+]#[C-])ccc43)c2-c2cccc(C#N)c2)c(C#N)c1. The third kappa shape index (κ3) is 8.09. The van der Waals surface area contributed by atoms with Crippen molar-refractivity contribution in [3.8, 4) is 97.4 Å². The normalized spacial score (nSPS) is 10.6. The molecule has 0 spiro atoms. The van der Waals surface area contributed by atoms with Crippen LogP contribution in [0.1, 0.15) is 27.8 Å². The molecule has 0 unspecified atom stereocenters. The van der Waals surface area contributed by atoms with Crippen LogP contribution in [0.4, 0.5) is 28.4 Å². The van der Waals surface area contributed by atoms with Gasteiger partial charge < -0.3 is 9.13 Å². The van der Waals surface area contributed by atoms with Gasteiger partial charge in [-0.15, -0.1) is 0 Å². The Kier molecular flexibility index (Phi) is 12.1. The standard InChI is InChI=1S/C70H30N12/c1-76-51-15-19-53(50(30-51)40-75)45-11-21-64-57(31-45)58-34-48(56-20-16-52(77-2)35-63(56)80-5)14-24-65(58)81(64)68-28-44(39-74)29-69(70(68)49-8-6-7-41(25-49)36-71)82-66-22-12-46(54-17-9-42(37-72)26-61(54)78-3)32-59(66)60-33-47(13-23-67(60)82)55-18-10-43(38-73)27-62(55)79-4/h6-35H. The molecule has 12 heteroatoms. The first-order valence-electron chi connectivity index (χ1n) is 25.1. The lowest BCUT2D eigenvalue weighted by Crippen LogP contribution is -2.05. The van der Waals surface area contributed by atoms with Crippen LogP contribution in [0.3, 0.4) is 0 Å². The van der Waals surface area contributed by atoms with Crippen LogP contribution in [-0.4, -0.2) is 9.13 Å². The number of hydrogen-bond acceptors (Lipinski definition) is 5. The summed E-state index contributed by atoms with van der Waals surface area (Å²) < 4.78 is 4.17. The van der Waals surface area contributed by atoms with Crippen LogP contribution < -0.4 is 0 Å². The lowest BCUT2D eigenvalue weighted by Gasteiger charge is -2.21. The molecule has 0 N–H and O–H groups in total. The van der Waals surface area contributed by atoms with E-state index in [1.54, 1.807) is 78.9 Å². The Balaban J connectivity index is 1.21. The summed E-state index contributed by atoms with van der Waals surface area (Å²) in [5, 5.41) is 54.6. The van der Waals surface area contributed by atoms with Crippen LogP contribution >= 0.6 is 0 Å². The average Bonchev–Trinajstić information content (AvgIpc) is 3.77. The number of nitriles is 5. The second-order valence-electron chi connectivity index (χ2n) is 19.1. The fraction of sp³-hybridized carbons (Fsp3) is 0. The summed E-state index contributed by atoms with van der Waals surface area (Å²) in [5.74, 6) is 0. The molecule has 12 rings (SSSR count). The first-order chi connectivity index (χ1) is 40.2. The predicted molar refractivity (Wildman–Crippen MR) is 317 cm³/mol. The van der Waals surface area contributed by atoms with E-state index < -0.39 is 0 Å². The molecule has 0 saturated carbocycles. The molecule has 370 valence electrons. The van der Waals surface area contributed by atoms with Crippen molar-refractivity contribution < 1.29 is 0 Å². The van der Waals surface area contributed by atoms with Crippen molar-refractivity contribution in [3.63, 3.8) is 0 Å². The van der Waals surface area contributed by atoms with Crippen molar-refractivity contribution in [1.29, 1.82) is 26.3 Å². The van der Waals surface area contributed by atoms with Crippen molar-refractivity contribution in [2.75, 3.05) is 0 Å². The van der Waals surface area contributed by atoms with Crippen LogP contribution in [-0.2, 0) is 0 Å². The van der Waals surface area contributed by atoms with E-state index in [1.807, 2.05) is 103 Å². The van der Waals surface area contributed by atoms with Gasteiger partial charge in [-0.05, 0) is 153 Å². The number of rotatable bonds is 7. The Labute approximate surface area is 469 Å². The second kappa shape index (κ2) is 20.0. The van der Waals surface area contributed by atoms with Gasteiger partial charge in [0.25, 0.3) is 0 Å². The molecule has 0 aliphatic carbocycles. The van der Waals surface area contributed by atoms with Gasteiger partial charge in [-0.1, -0.05) is 78.9 Å². The molecule has 2 heterocycles. The minimum Gasteiger partial charge on any atom is -0.308 e. The zero-order chi connectivity index (χ0) is 56.8. The topological polar surface area (TPSA) is 151 Å². The van der Waals surface area contributed by atoms with E-state index in [-0.39, 0.29) is 0 Å². The van der Waals surface area contributed by atoms with E-state index in [2.05, 4.69) is 63.7 Å². The molecule has 0 radical (unpaired) electrons. The molecule has 0 fully saturated rings. The van der Waals surface area contributed by atoms with Crippen molar-refractivity contribution >= 4 is 72.0 Å². The highest BCUT2D eigenvalue weighted by Crippen LogP contribution is 2.47. The Bertz CT molecular complexity index is 4750. The van der Waals surface area contributed by atoms with Crippen LogP contribution in [0.2, 0.25) is 0 Å². The largest absolute Gasteiger partial charge is 0.308 e. The Hall–Kier alpha value is -13.3. The maximum Gasteiger partial charge on any atom is 0.196 e. The molecule has 0 bridgehead atoms. The number of benzene rings is 10. The molecule has 0 amide bonds. The average molecular weight is 1040 g/mol. The summed E-state index contributed by atoms with van der Waals surface area (Å²) in [6.45, 7) is 39.6. The fourth-order valence-corrected chi connectivity index (χ4v) is 11.1. The van der Waals surface area contributed by atoms with Crippen LogP contribution in [0.5, 0.6) is 0 Å². The lowest BCUT2D eigenvalue weighted by molar-refractivity contribution is 1.13. The number of hydrogen-bond donors (Lipinski definition) is 0. The van der Waals surface area contributed by atoms with E-state index in [4.69, 9.17) is 32.9 Å². The predicted octanol–water partition coefficient (Wildman–Crippen LogP) is 18.3. The maximum absolute atomic E-state index is 11.2. The van der Waals surface area contributed by atoms with E-state index in [1.165, 1.54) is 0 Å². The molecule has 2 aromatic heterocycles. The van der Waals surface area contributed by atoms with Gasteiger partial charge in [0.05, 0.1) is 108 Å². The summed E-state index contributed by atoms with van der Waals surface area (Å²) in [4.78, 5) is 18.5. The van der Waals surface area contributed by atoms with Gasteiger partial charge in [-0.3, -0.25) is 0 Å². The first-order valence-corrected chi connectivity index (χ1v) is 25.1. The molecule has 0 aliphatic heterocycles. The summed E-state index contributed by atoms with van der Waals surface area (Å²) in [6.07, 6.45) is 0. The van der Waals surface area contributed by atoms with Gasteiger partial charge in [0.2, 0.25) is 0 Å². The van der Waals surface area contributed by atoms with E-state index in [9.17, 15) is 26.3 Å². The van der Waals surface area contributed by atoms with Gasteiger partial charge >= 0.3 is 0 Å². The molecule has 0 atom stereocenters. The number of nitrogens with zero attached hydrogens (tertiary/aromatic N) is 12. The van der Waals surface area contributed by atoms with E-state index >= 15 is 0 Å². The molecule has 12 nitrogen and oxygen atoms in total. The van der Waals surface area contributed by atoms with Crippen molar-refractivity contribution in [2.45, 2.75) is 0 Å². The molecule has 10 aromatic carbocycles. The fourth-order valence-electron chi connectivity index (χ4n) is 11.1. The summed E-state index contributed by atoms with van der Waals surface area (Å²) in [6, 6.07) is 65.8. The second-order valence-corrected chi connectivity index (χ2v) is 19.1. The number of fused-ring (bicyclic) bond motifs is 6. The highest BCUT2D eigenvalue weighted by Gasteiger charge is 2.26. The van der Waals surface area contributed by atoms with Gasteiger partial charge in [-0.25, -0.2) is 24.2 Å². The van der Waals surface area contributed by atoms with Gasteiger partial charge in [0.15, 0.2) is 28.4 Å². The van der Waals surface area contributed by atoms with Crippen LogP contribution in [0.25, 0.3) is 135 Å². The first kappa shape index (κ1) is 49.6. The zero-order valence-electron chi connectivity index (χ0n) is 42.7. The zero-order valence-corrected chi connectivity index (χ0v) is 42.7. The summed E-state index contributed by atoms with van der Waals surface area (Å²) >= 11 is 0. The van der Waals surface area contributed by atoms with E-state index in [0.717, 1.165) is 21.5 Å². The molecular weight excluding hydrogens is 1010 g/mol. The van der Waals surface area contributed by atoms with Crippen LogP contribution in [0, 0.1) is 89.5 Å². The van der Waals surface area contributed by atoms with Crippen molar-refractivity contribution in [1.82, 2.24) is 9.13 Å². The summed E-state index contributed by atoms with van der Waals surface area (Å²) in [5.41, 5.74) is 13.9. The Morgan fingerprint density at radius 2 is 0.695 bits per heavy atom. The van der Waals surface area contributed by atoms with Crippen LogP contribution in [0.15, 0.2) is 182 Å². The van der Waals surface area contributed by atoms with E-state index in [0.29, 0.717) is 145 Å². The molecule has 0 saturated heterocycles. The molecule has 12 aromatic rings. The third-order valence-corrected chi connectivity index (χ3v) is 14.7. The maximum atomic E-state index is 11.2. The highest BCUT2D eigenvalue weighted by atomic mass is 15.0. The molecule has 82 heavy (non-hydrogen) atoms. The Morgan fingerprint density at radius 1 is 0.305 bits per heavy atom. The molecule has 0 aliphatic rings. The lowest BCUT2D eigenvalue weighted by atomic mass is 9.96. The summed E-state index contributed by atoms with van der Waals surface area (Å²) in [7, 11) is 0. The minimum absolute atomic E-state index is 0.298. The minimum atomic E-state index is 0.298. The van der Waals surface area contributed by atoms with Crippen molar-refractivity contribution in [3.05, 3.63) is 267 Å². The van der Waals surface area contributed by atoms with Gasteiger partial charge in [0, 0.05) is 43.8 Å². The highest BCUT2D eigenvalue weighted by molar-refractivity contribution is 6.15. The monoisotopic (exact) mass is 1040 g/mol. The Morgan fingerprint density at radius 3 is 1.11 bits per heavy atom. The third-order valence-electron chi connectivity index (χ3n) is 14.7. The van der Waals surface area contributed by atoms with Gasteiger partial charge in [0.1, 0.15) is 0 Å².